The first-order valence-electron chi connectivity index (χ1n) is 10.5. The molecule has 0 radical (unpaired) electrons. The number of amides is 1. The van der Waals surface area contributed by atoms with E-state index in [-0.39, 0.29) is 10.8 Å². The van der Waals surface area contributed by atoms with Crippen LogP contribution in [0.2, 0.25) is 0 Å². The van der Waals surface area contributed by atoms with Crippen molar-refractivity contribution in [2.24, 2.45) is 0 Å². The van der Waals surface area contributed by atoms with Crippen LogP contribution in [0.5, 0.6) is 5.75 Å². The number of hydrogen-bond donors (Lipinski definition) is 0. The second-order valence-corrected chi connectivity index (χ2v) is 9.85. The Bertz CT molecular complexity index is 1230. The Labute approximate surface area is 188 Å². The molecule has 1 aliphatic heterocycles. The molecule has 164 valence electrons. The molecule has 4 rings (SSSR count). The Balaban J connectivity index is 1.41. The van der Waals surface area contributed by atoms with E-state index in [1.165, 1.54) is 6.26 Å². The van der Waals surface area contributed by atoms with Crippen LogP contribution in [0.15, 0.2) is 83.8 Å². The highest BCUT2D eigenvalue weighted by Crippen LogP contribution is 2.30. The monoisotopic (exact) mass is 447 g/mol. The summed E-state index contributed by atoms with van der Waals surface area (Å²) >= 11 is 0. The van der Waals surface area contributed by atoms with Crippen LogP contribution in [0.3, 0.4) is 0 Å². The van der Waals surface area contributed by atoms with Gasteiger partial charge in [0.05, 0.1) is 4.90 Å². The van der Waals surface area contributed by atoms with Gasteiger partial charge in [0, 0.05) is 24.6 Å². The second kappa shape index (κ2) is 9.40. The normalized spacial score (nSPS) is 13.7. The zero-order chi connectivity index (χ0) is 22.6. The molecule has 1 amide bonds. The SMILES string of the molecule is CS(=O)(=O)c1ccc2c(c1)CCCN2C(=O)/C=C/c1ccc(OCc2ccccc2)cc1. The fourth-order valence-corrected chi connectivity index (χ4v) is 4.38. The van der Waals surface area contributed by atoms with Crippen LogP contribution in [0.25, 0.3) is 6.08 Å². The highest BCUT2D eigenvalue weighted by atomic mass is 32.2. The quantitative estimate of drug-likeness (QED) is 0.516. The molecular weight excluding hydrogens is 422 g/mol. The van der Waals surface area contributed by atoms with Gasteiger partial charge in [0.25, 0.3) is 5.91 Å². The lowest BCUT2D eigenvalue weighted by Gasteiger charge is -2.29. The van der Waals surface area contributed by atoms with E-state index in [2.05, 4.69) is 0 Å². The van der Waals surface area contributed by atoms with Crippen LogP contribution in [0, 0.1) is 0 Å². The molecule has 1 heterocycles. The minimum absolute atomic E-state index is 0.123. The van der Waals surface area contributed by atoms with Gasteiger partial charge in [-0.3, -0.25) is 4.79 Å². The third-order valence-electron chi connectivity index (χ3n) is 5.41. The molecule has 6 heteroatoms. The third-order valence-corrected chi connectivity index (χ3v) is 6.52. The van der Waals surface area contributed by atoms with Crippen LogP contribution in [0.1, 0.15) is 23.1 Å². The Morgan fingerprint density at radius 2 is 1.78 bits per heavy atom. The Hall–Kier alpha value is -3.38. The highest BCUT2D eigenvalue weighted by molar-refractivity contribution is 7.90. The highest BCUT2D eigenvalue weighted by Gasteiger charge is 2.22. The smallest absolute Gasteiger partial charge is 0.250 e. The summed E-state index contributed by atoms with van der Waals surface area (Å²) in [5.41, 5.74) is 3.67. The van der Waals surface area contributed by atoms with Gasteiger partial charge in [-0.05, 0) is 65.9 Å². The maximum Gasteiger partial charge on any atom is 0.250 e. The summed E-state index contributed by atoms with van der Waals surface area (Å²) in [4.78, 5) is 14.8. The molecule has 0 aromatic heterocycles. The first-order valence-corrected chi connectivity index (χ1v) is 12.4. The van der Waals surface area contributed by atoms with E-state index in [0.717, 1.165) is 41.0 Å². The van der Waals surface area contributed by atoms with Crippen molar-refractivity contribution in [3.05, 3.63) is 95.6 Å². The zero-order valence-corrected chi connectivity index (χ0v) is 18.7. The van der Waals surface area contributed by atoms with E-state index in [1.807, 2.05) is 54.6 Å². The Morgan fingerprint density at radius 1 is 1.03 bits per heavy atom. The Morgan fingerprint density at radius 3 is 2.50 bits per heavy atom. The molecule has 0 unspecified atom stereocenters. The van der Waals surface area contributed by atoms with Crippen molar-refractivity contribution in [3.8, 4) is 5.75 Å². The fraction of sp³-hybridized carbons (Fsp3) is 0.192. The molecule has 0 N–H and O–H groups in total. The number of aryl methyl sites for hydroxylation is 1. The zero-order valence-electron chi connectivity index (χ0n) is 17.9. The minimum Gasteiger partial charge on any atom is -0.489 e. The number of nitrogens with zero attached hydrogens (tertiary/aromatic N) is 1. The van der Waals surface area contributed by atoms with Gasteiger partial charge in [0.2, 0.25) is 0 Å². The molecule has 0 bridgehead atoms. The van der Waals surface area contributed by atoms with Crippen molar-refractivity contribution in [2.45, 2.75) is 24.3 Å². The molecule has 0 saturated carbocycles. The summed E-state index contributed by atoms with van der Waals surface area (Å²) in [5, 5.41) is 0. The molecule has 0 atom stereocenters. The number of carbonyl (C=O) groups is 1. The summed E-state index contributed by atoms with van der Waals surface area (Å²) in [5.74, 6) is 0.645. The van der Waals surface area contributed by atoms with E-state index in [0.29, 0.717) is 13.2 Å². The van der Waals surface area contributed by atoms with Gasteiger partial charge in [0.15, 0.2) is 9.84 Å². The van der Waals surface area contributed by atoms with Crippen LogP contribution < -0.4 is 9.64 Å². The number of rotatable bonds is 6. The van der Waals surface area contributed by atoms with Crippen molar-refractivity contribution in [2.75, 3.05) is 17.7 Å². The summed E-state index contributed by atoms with van der Waals surface area (Å²) in [6, 6.07) is 22.5. The maximum atomic E-state index is 12.8. The lowest BCUT2D eigenvalue weighted by Crippen LogP contribution is -2.34. The predicted octanol–water partition coefficient (Wildman–Crippen LogP) is 4.66. The molecular formula is C26H25NO4S. The largest absolute Gasteiger partial charge is 0.489 e. The molecule has 3 aromatic rings. The van der Waals surface area contributed by atoms with E-state index >= 15 is 0 Å². The standard InChI is InChI=1S/C26H25NO4S/c1-32(29,30)24-14-15-25-22(18-24)8-5-17-27(25)26(28)16-11-20-9-12-23(13-10-20)31-19-21-6-3-2-4-7-21/h2-4,6-7,9-16,18H,5,8,17,19H2,1H3/b16-11+. The third kappa shape index (κ3) is 5.26. The first-order chi connectivity index (χ1) is 15.4. The predicted molar refractivity (Wildman–Crippen MR) is 126 cm³/mol. The van der Waals surface area contributed by atoms with Gasteiger partial charge in [-0.25, -0.2) is 8.42 Å². The lowest BCUT2D eigenvalue weighted by molar-refractivity contribution is -0.114. The van der Waals surface area contributed by atoms with Crippen molar-refractivity contribution >= 4 is 27.5 Å². The number of sulfone groups is 1. The van der Waals surface area contributed by atoms with Gasteiger partial charge in [-0.1, -0.05) is 42.5 Å². The summed E-state index contributed by atoms with van der Waals surface area (Å²) in [6.07, 6.45) is 6.09. The molecule has 0 aliphatic carbocycles. The molecule has 0 fully saturated rings. The van der Waals surface area contributed by atoms with Crippen molar-refractivity contribution in [1.29, 1.82) is 0 Å². The average Bonchev–Trinajstić information content (AvgIpc) is 2.81. The Kier molecular flexibility index (Phi) is 6.42. The first kappa shape index (κ1) is 21.8. The number of anilines is 1. The lowest BCUT2D eigenvalue weighted by atomic mass is 10.0. The van der Waals surface area contributed by atoms with Gasteiger partial charge >= 0.3 is 0 Å². The molecule has 5 nitrogen and oxygen atoms in total. The van der Waals surface area contributed by atoms with E-state index in [4.69, 9.17) is 4.74 Å². The van der Waals surface area contributed by atoms with Gasteiger partial charge in [0.1, 0.15) is 12.4 Å². The number of ether oxygens (including phenoxy) is 1. The van der Waals surface area contributed by atoms with Gasteiger partial charge in [-0.15, -0.1) is 0 Å². The molecule has 32 heavy (non-hydrogen) atoms. The van der Waals surface area contributed by atoms with E-state index in [9.17, 15) is 13.2 Å². The maximum absolute atomic E-state index is 12.8. The van der Waals surface area contributed by atoms with Crippen molar-refractivity contribution in [1.82, 2.24) is 0 Å². The van der Waals surface area contributed by atoms with E-state index in [1.54, 1.807) is 35.3 Å². The number of hydrogen-bond acceptors (Lipinski definition) is 4. The topological polar surface area (TPSA) is 63.7 Å². The molecule has 0 saturated heterocycles. The van der Waals surface area contributed by atoms with Gasteiger partial charge < -0.3 is 9.64 Å². The van der Waals surface area contributed by atoms with Crippen LogP contribution in [-0.4, -0.2) is 27.1 Å². The minimum atomic E-state index is -3.27. The summed E-state index contributed by atoms with van der Waals surface area (Å²) < 4.78 is 29.5. The van der Waals surface area contributed by atoms with Gasteiger partial charge in [-0.2, -0.15) is 0 Å². The van der Waals surface area contributed by atoms with Crippen LogP contribution in [0.4, 0.5) is 5.69 Å². The van der Waals surface area contributed by atoms with Crippen LogP contribution >= 0.6 is 0 Å². The number of fused-ring (bicyclic) bond motifs is 1. The average molecular weight is 448 g/mol. The second-order valence-electron chi connectivity index (χ2n) is 7.83. The van der Waals surface area contributed by atoms with E-state index < -0.39 is 9.84 Å². The van der Waals surface area contributed by atoms with Crippen LogP contribution in [-0.2, 0) is 27.7 Å². The fourth-order valence-electron chi connectivity index (χ4n) is 3.71. The molecule has 1 aliphatic rings. The van der Waals surface area contributed by atoms with Crippen molar-refractivity contribution < 1.29 is 17.9 Å². The number of benzene rings is 3. The van der Waals surface area contributed by atoms with Crippen molar-refractivity contribution in [3.63, 3.8) is 0 Å². The molecule has 0 spiro atoms. The number of carbonyl (C=O) groups excluding carboxylic acids is 1. The molecule has 3 aromatic carbocycles. The summed E-state index contributed by atoms with van der Waals surface area (Å²) in [7, 11) is -3.27. The summed E-state index contributed by atoms with van der Waals surface area (Å²) in [6.45, 7) is 1.12.